The Morgan fingerprint density at radius 3 is 2.79 bits per heavy atom. The second kappa shape index (κ2) is 7.86. The van der Waals surface area contributed by atoms with Gasteiger partial charge in [-0.2, -0.15) is 0 Å². The highest BCUT2D eigenvalue weighted by Crippen LogP contribution is 2.16. The summed E-state index contributed by atoms with van der Waals surface area (Å²) in [5, 5.41) is 1.67. The molecule has 142 valence electrons. The van der Waals surface area contributed by atoms with Gasteiger partial charge in [0.05, 0.1) is 6.54 Å². The first-order valence-corrected chi connectivity index (χ1v) is 9.38. The van der Waals surface area contributed by atoms with Crippen LogP contribution in [-0.4, -0.2) is 51.2 Å². The number of carbonyl (C=O) groups excluding carboxylic acids is 2. The molecule has 1 aliphatic rings. The minimum absolute atomic E-state index is 0.0590. The monoisotopic (exact) mass is 394 g/mol. The number of carbonyl (C=O) groups is 2. The maximum absolute atomic E-state index is 12.5. The number of amides is 2. The molecule has 28 heavy (non-hydrogen) atoms. The van der Waals surface area contributed by atoms with Crippen LogP contribution in [0, 0.1) is 0 Å². The Labute approximate surface area is 167 Å². The molecule has 0 bridgehead atoms. The van der Waals surface area contributed by atoms with Gasteiger partial charge in [0.15, 0.2) is 0 Å². The lowest BCUT2D eigenvalue weighted by Crippen LogP contribution is -2.51. The summed E-state index contributed by atoms with van der Waals surface area (Å²) in [5.74, 6) is -0.226. The molecule has 1 saturated heterocycles. The van der Waals surface area contributed by atoms with E-state index in [9.17, 15) is 9.59 Å². The van der Waals surface area contributed by atoms with E-state index in [0.717, 1.165) is 22.2 Å². The number of nitrogens with zero attached hydrogens (tertiary/aromatic N) is 3. The number of pyridine rings is 1. The molecule has 1 fully saturated rings. The fourth-order valence-corrected chi connectivity index (χ4v) is 3.36. The van der Waals surface area contributed by atoms with E-state index in [2.05, 4.69) is 9.97 Å². The number of H-pyrrole nitrogens is 1. The predicted octanol–water partition coefficient (Wildman–Crippen LogP) is 3.10. The number of hydrogen-bond donors (Lipinski definition) is 1. The third kappa shape index (κ3) is 4.07. The van der Waals surface area contributed by atoms with Crippen molar-refractivity contribution in [3.8, 4) is 0 Å². The maximum atomic E-state index is 12.5. The number of nitrogens with one attached hydrogen (secondary N) is 1. The van der Waals surface area contributed by atoms with Gasteiger partial charge in [0.25, 0.3) is 0 Å². The number of piperazine rings is 1. The first kappa shape index (κ1) is 18.3. The molecule has 0 spiro atoms. The zero-order valence-corrected chi connectivity index (χ0v) is 15.9. The van der Waals surface area contributed by atoms with Crippen molar-refractivity contribution in [3.05, 3.63) is 71.1 Å². The Morgan fingerprint density at radius 2 is 2.04 bits per heavy atom. The summed E-state index contributed by atoms with van der Waals surface area (Å²) in [4.78, 5) is 35.6. The smallest absolute Gasteiger partial charge is 0.247 e. The van der Waals surface area contributed by atoms with Crippen LogP contribution >= 0.6 is 11.6 Å². The molecule has 3 heterocycles. The molecule has 0 aliphatic carbocycles. The fourth-order valence-electron chi connectivity index (χ4n) is 3.23. The number of benzene rings is 1. The topological polar surface area (TPSA) is 69.3 Å². The van der Waals surface area contributed by atoms with Gasteiger partial charge in [-0.3, -0.25) is 14.6 Å². The Kier molecular flexibility index (Phi) is 5.12. The van der Waals surface area contributed by atoms with Crippen molar-refractivity contribution in [2.45, 2.75) is 6.54 Å². The van der Waals surface area contributed by atoms with Gasteiger partial charge >= 0.3 is 0 Å². The highest BCUT2D eigenvalue weighted by atomic mass is 35.5. The van der Waals surface area contributed by atoms with E-state index in [1.165, 1.54) is 6.08 Å². The fraction of sp³-hybridized carbons (Fsp3) is 0.190. The number of halogens is 1. The predicted molar refractivity (Wildman–Crippen MR) is 109 cm³/mol. The average Bonchev–Trinajstić information content (AvgIpc) is 3.11. The van der Waals surface area contributed by atoms with Gasteiger partial charge in [0.1, 0.15) is 6.54 Å². The van der Waals surface area contributed by atoms with Crippen LogP contribution in [0.25, 0.3) is 17.0 Å². The van der Waals surface area contributed by atoms with E-state index in [1.54, 1.807) is 40.4 Å². The van der Waals surface area contributed by atoms with Gasteiger partial charge in [-0.05, 0) is 35.9 Å². The molecule has 7 heteroatoms. The molecule has 6 nitrogen and oxygen atoms in total. The first-order chi connectivity index (χ1) is 13.6. The van der Waals surface area contributed by atoms with E-state index in [-0.39, 0.29) is 18.4 Å². The summed E-state index contributed by atoms with van der Waals surface area (Å²) in [6.07, 6.45) is 6.75. The van der Waals surface area contributed by atoms with Crippen molar-refractivity contribution in [1.82, 2.24) is 19.8 Å². The van der Waals surface area contributed by atoms with Gasteiger partial charge in [-0.15, -0.1) is 0 Å². The number of fused-ring (bicyclic) bond motifs is 1. The highest BCUT2D eigenvalue weighted by molar-refractivity contribution is 6.30. The summed E-state index contributed by atoms with van der Waals surface area (Å²) in [7, 11) is 0. The summed E-state index contributed by atoms with van der Waals surface area (Å²) >= 11 is 5.86. The summed E-state index contributed by atoms with van der Waals surface area (Å²) in [6.45, 7) is 1.60. The SMILES string of the molecule is O=C(C=Cc1ccc(Cl)cc1)N1CCN(Cc2cc3cnccc3[nH]2)C(=O)C1. The molecule has 3 aromatic rings. The zero-order valence-electron chi connectivity index (χ0n) is 15.1. The Morgan fingerprint density at radius 1 is 1.21 bits per heavy atom. The zero-order chi connectivity index (χ0) is 19.5. The Hall–Kier alpha value is -3.12. The van der Waals surface area contributed by atoms with Gasteiger partial charge < -0.3 is 14.8 Å². The van der Waals surface area contributed by atoms with Crippen molar-refractivity contribution in [3.63, 3.8) is 0 Å². The van der Waals surface area contributed by atoms with E-state index < -0.39 is 0 Å². The minimum Gasteiger partial charge on any atom is -0.357 e. The van der Waals surface area contributed by atoms with Crippen LogP contribution in [0.5, 0.6) is 0 Å². The summed E-state index contributed by atoms with van der Waals surface area (Å²) < 4.78 is 0. The van der Waals surface area contributed by atoms with E-state index in [0.29, 0.717) is 24.7 Å². The van der Waals surface area contributed by atoms with Crippen molar-refractivity contribution in [2.24, 2.45) is 0 Å². The quantitative estimate of drug-likeness (QED) is 0.691. The van der Waals surface area contributed by atoms with Crippen LogP contribution in [0.1, 0.15) is 11.3 Å². The van der Waals surface area contributed by atoms with Crippen LogP contribution in [0.3, 0.4) is 0 Å². The molecule has 2 aromatic heterocycles. The van der Waals surface area contributed by atoms with Gasteiger partial charge in [0.2, 0.25) is 11.8 Å². The second-order valence-electron chi connectivity index (χ2n) is 6.72. The molecular formula is C21H19ClN4O2. The normalized spacial score (nSPS) is 15.0. The molecule has 1 aliphatic heterocycles. The summed E-state index contributed by atoms with van der Waals surface area (Å²) in [5.41, 5.74) is 2.84. The van der Waals surface area contributed by atoms with E-state index >= 15 is 0 Å². The maximum Gasteiger partial charge on any atom is 0.247 e. The van der Waals surface area contributed by atoms with Gasteiger partial charge in [-0.1, -0.05) is 23.7 Å². The number of hydrogen-bond acceptors (Lipinski definition) is 3. The Bertz CT molecular complexity index is 1010. The van der Waals surface area contributed by atoms with Crippen molar-refractivity contribution in [2.75, 3.05) is 19.6 Å². The lowest BCUT2D eigenvalue weighted by atomic mass is 10.2. The van der Waals surface area contributed by atoms with Crippen LogP contribution < -0.4 is 0 Å². The molecule has 0 saturated carbocycles. The van der Waals surface area contributed by atoms with Crippen molar-refractivity contribution < 1.29 is 9.59 Å². The van der Waals surface area contributed by atoms with Crippen molar-refractivity contribution in [1.29, 1.82) is 0 Å². The molecule has 0 unspecified atom stereocenters. The van der Waals surface area contributed by atoms with Gasteiger partial charge in [-0.25, -0.2) is 0 Å². The third-order valence-electron chi connectivity index (χ3n) is 4.76. The molecule has 1 aromatic carbocycles. The lowest BCUT2D eigenvalue weighted by molar-refractivity contribution is -0.143. The van der Waals surface area contributed by atoms with Gasteiger partial charge in [0, 0.05) is 53.2 Å². The van der Waals surface area contributed by atoms with E-state index in [4.69, 9.17) is 11.6 Å². The summed E-state index contributed by atoms with van der Waals surface area (Å²) in [6, 6.07) is 11.1. The number of rotatable bonds is 4. The number of aromatic nitrogens is 2. The molecular weight excluding hydrogens is 376 g/mol. The van der Waals surface area contributed by atoms with Crippen LogP contribution in [0.2, 0.25) is 5.02 Å². The number of aromatic amines is 1. The first-order valence-electron chi connectivity index (χ1n) is 9.00. The lowest BCUT2D eigenvalue weighted by Gasteiger charge is -2.33. The second-order valence-corrected chi connectivity index (χ2v) is 7.15. The van der Waals surface area contributed by atoms with E-state index in [1.807, 2.05) is 24.3 Å². The molecule has 2 amide bonds. The standard InChI is InChI=1S/C21H19ClN4O2/c22-17-4-1-15(2-5-17)3-6-20(27)26-10-9-25(21(28)14-26)13-18-11-16-12-23-8-7-19(16)24-18/h1-8,11-12,24H,9-10,13-14H2. The third-order valence-corrected chi connectivity index (χ3v) is 5.01. The molecule has 4 rings (SSSR count). The molecule has 1 N–H and O–H groups in total. The van der Waals surface area contributed by atoms with Crippen LogP contribution in [0.4, 0.5) is 0 Å². The largest absolute Gasteiger partial charge is 0.357 e. The molecule has 0 atom stereocenters. The average molecular weight is 395 g/mol. The minimum atomic E-state index is -0.167. The molecule has 0 radical (unpaired) electrons. The van der Waals surface area contributed by atoms with Crippen molar-refractivity contribution >= 4 is 40.4 Å². The Balaban J connectivity index is 1.35. The van der Waals surface area contributed by atoms with Crippen LogP contribution in [-0.2, 0) is 16.1 Å². The highest BCUT2D eigenvalue weighted by Gasteiger charge is 2.26. The van der Waals surface area contributed by atoms with Crippen LogP contribution in [0.15, 0.2) is 54.9 Å².